The lowest BCUT2D eigenvalue weighted by molar-refractivity contribution is -0.0505. The van der Waals surface area contributed by atoms with E-state index >= 15 is 0 Å². The molecule has 0 spiro atoms. The lowest BCUT2D eigenvalue weighted by atomic mass is 9.71. The van der Waals surface area contributed by atoms with Gasteiger partial charge < -0.3 is 10.5 Å². The standard InChI is InChI=1S/C13H17F2NO2S/c1-18-11(17)9-6-10(19-7-9)12(8-16)2-4-13(14,15)5-3-12/h6-7H,2-5,8,16H2,1H3. The zero-order valence-corrected chi connectivity index (χ0v) is 11.6. The monoisotopic (exact) mass is 289 g/mol. The fraction of sp³-hybridized carbons (Fsp3) is 0.615. The van der Waals surface area contributed by atoms with Gasteiger partial charge in [-0.25, -0.2) is 13.6 Å². The Bertz CT molecular complexity index is 463. The Kier molecular flexibility index (Phi) is 3.92. The summed E-state index contributed by atoms with van der Waals surface area (Å²) in [5.74, 6) is -2.99. The number of hydrogen-bond acceptors (Lipinski definition) is 4. The van der Waals surface area contributed by atoms with Crippen LogP contribution in [0.3, 0.4) is 0 Å². The van der Waals surface area contributed by atoms with Crippen LogP contribution in [0.5, 0.6) is 0 Å². The van der Waals surface area contributed by atoms with Gasteiger partial charge in [0.15, 0.2) is 0 Å². The van der Waals surface area contributed by atoms with Crippen molar-refractivity contribution in [2.45, 2.75) is 37.0 Å². The molecule has 1 aromatic rings. The van der Waals surface area contributed by atoms with Gasteiger partial charge >= 0.3 is 5.97 Å². The Morgan fingerprint density at radius 3 is 2.58 bits per heavy atom. The summed E-state index contributed by atoms with van der Waals surface area (Å²) < 4.78 is 31.2. The SMILES string of the molecule is COC(=O)c1csc(C2(CN)CCC(F)(F)CC2)c1. The molecule has 0 unspecified atom stereocenters. The predicted octanol–water partition coefficient (Wildman–Crippen LogP) is 2.94. The summed E-state index contributed by atoms with van der Waals surface area (Å²) in [5, 5.41) is 1.70. The minimum atomic E-state index is -2.58. The fourth-order valence-electron chi connectivity index (χ4n) is 2.48. The first-order valence-electron chi connectivity index (χ1n) is 6.18. The van der Waals surface area contributed by atoms with Gasteiger partial charge in [0.2, 0.25) is 5.92 Å². The molecule has 1 heterocycles. The van der Waals surface area contributed by atoms with Crippen molar-refractivity contribution in [1.29, 1.82) is 0 Å². The van der Waals surface area contributed by atoms with Crippen LogP contribution >= 0.6 is 11.3 Å². The summed E-state index contributed by atoms with van der Waals surface area (Å²) >= 11 is 1.40. The number of hydrogen-bond donors (Lipinski definition) is 1. The number of halogens is 2. The molecule has 1 aromatic heterocycles. The molecule has 0 amide bonds. The molecule has 0 radical (unpaired) electrons. The molecule has 1 aliphatic carbocycles. The Morgan fingerprint density at radius 2 is 2.05 bits per heavy atom. The van der Waals surface area contributed by atoms with Gasteiger partial charge in [-0.1, -0.05) is 0 Å². The third kappa shape index (κ3) is 2.79. The van der Waals surface area contributed by atoms with Gasteiger partial charge in [0, 0.05) is 35.1 Å². The number of nitrogens with two attached hydrogens (primary N) is 1. The maximum Gasteiger partial charge on any atom is 0.338 e. The highest BCUT2D eigenvalue weighted by Crippen LogP contribution is 2.46. The molecular weight excluding hydrogens is 272 g/mol. The van der Waals surface area contributed by atoms with Gasteiger partial charge in [-0.15, -0.1) is 11.3 Å². The summed E-state index contributed by atoms with van der Waals surface area (Å²) in [6, 6.07) is 1.73. The van der Waals surface area contributed by atoms with Crippen molar-refractivity contribution >= 4 is 17.3 Å². The zero-order chi connectivity index (χ0) is 14.1. The molecule has 1 saturated carbocycles. The maximum absolute atomic E-state index is 13.3. The van der Waals surface area contributed by atoms with E-state index in [-0.39, 0.29) is 12.8 Å². The Balaban J connectivity index is 2.23. The second-order valence-electron chi connectivity index (χ2n) is 5.03. The van der Waals surface area contributed by atoms with Gasteiger partial charge in [-0.05, 0) is 18.9 Å². The molecule has 0 aromatic carbocycles. The molecule has 106 valence electrons. The van der Waals surface area contributed by atoms with Crippen molar-refractivity contribution in [3.8, 4) is 0 Å². The highest BCUT2D eigenvalue weighted by molar-refractivity contribution is 7.10. The lowest BCUT2D eigenvalue weighted by Crippen LogP contribution is -2.41. The van der Waals surface area contributed by atoms with E-state index in [1.54, 1.807) is 11.4 Å². The summed E-state index contributed by atoms with van der Waals surface area (Å²) in [6.45, 7) is 0.324. The highest BCUT2D eigenvalue weighted by atomic mass is 32.1. The maximum atomic E-state index is 13.3. The number of carbonyl (C=O) groups is 1. The summed E-state index contributed by atoms with van der Waals surface area (Å²) in [7, 11) is 1.32. The Labute approximate surface area is 114 Å². The van der Waals surface area contributed by atoms with Gasteiger partial charge in [0.1, 0.15) is 0 Å². The minimum absolute atomic E-state index is 0.143. The molecule has 6 heteroatoms. The van der Waals surface area contributed by atoms with E-state index < -0.39 is 17.3 Å². The molecular formula is C13H17F2NO2S. The average Bonchev–Trinajstić information content (AvgIpc) is 2.89. The van der Waals surface area contributed by atoms with E-state index in [4.69, 9.17) is 5.73 Å². The second-order valence-corrected chi connectivity index (χ2v) is 5.94. The first kappa shape index (κ1) is 14.4. The van der Waals surface area contributed by atoms with Crippen molar-refractivity contribution in [1.82, 2.24) is 0 Å². The lowest BCUT2D eigenvalue weighted by Gasteiger charge is -2.38. The number of rotatable bonds is 3. The second kappa shape index (κ2) is 5.17. The molecule has 2 N–H and O–H groups in total. The molecule has 1 fully saturated rings. The van der Waals surface area contributed by atoms with Crippen molar-refractivity contribution in [3.63, 3.8) is 0 Å². The average molecular weight is 289 g/mol. The quantitative estimate of drug-likeness (QED) is 0.870. The number of esters is 1. The van der Waals surface area contributed by atoms with Crippen molar-refractivity contribution in [3.05, 3.63) is 21.9 Å². The van der Waals surface area contributed by atoms with Gasteiger partial charge in [0.25, 0.3) is 0 Å². The van der Waals surface area contributed by atoms with Gasteiger partial charge in [-0.3, -0.25) is 0 Å². The van der Waals surface area contributed by atoms with E-state index in [2.05, 4.69) is 4.74 Å². The third-order valence-electron chi connectivity index (χ3n) is 3.87. The zero-order valence-electron chi connectivity index (χ0n) is 10.7. The van der Waals surface area contributed by atoms with Crippen LogP contribution in [0.15, 0.2) is 11.4 Å². The van der Waals surface area contributed by atoms with Crippen LogP contribution in [0.25, 0.3) is 0 Å². The number of ether oxygens (including phenoxy) is 1. The molecule has 1 aliphatic rings. The number of alkyl halides is 2. The van der Waals surface area contributed by atoms with E-state index in [0.717, 1.165) is 4.88 Å². The van der Waals surface area contributed by atoms with Crippen LogP contribution in [-0.2, 0) is 10.2 Å². The van der Waals surface area contributed by atoms with E-state index in [0.29, 0.717) is 24.9 Å². The predicted molar refractivity (Wildman–Crippen MR) is 69.8 cm³/mol. The Morgan fingerprint density at radius 1 is 1.42 bits per heavy atom. The number of carbonyl (C=O) groups excluding carboxylic acids is 1. The number of methoxy groups -OCH3 is 1. The summed E-state index contributed by atoms with van der Waals surface area (Å²) in [5.41, 5.74) is 5.87. The van der Waals surface area contributed by atoms with Crippen LogP contribution in [0, 0.1) is 0 Å². The first-order chi connectivity index (χ1) is 8.92. The smallest absolute Gasteiger partial charge is 0.338 e. The molecule has 0 saturated heterocycles. The van der Waals surface area contributed by atoms with E-state index in [1.807, 2.05) is 0 Å². The third-order valence-corrected chi connectivity index (χ3v) is 5.05. The van der Waals surface area contributed by atoms with Crippen LogP contribution in [0.2, 0.25) is 0 Å². The van der Waals surface area contributed by atoms with Crippen molar-refractivity contribution in [2.75, 3.05) is 13.7 Å². The molecule has 3 nitrogen and oxygen atoms in total. The topological polar surface area (TPSA) is 52.3 Å². The van der Waals surface area contributed by atoms with Crippen LogP contribution in [0.1, 0.15) is 40.9 Å². The van der Waals surface area contributed by atoms with Crippen LogP contribution < -0.4 is 5.73 Å². The van der Waals surface area contributed by atoms with Crippen molar-refractivity contribution < 1.29 is 18.3 Å². The molecule has 2 rings (SSSR count). The fourth-order valence-corrected chi connectivity index (χ4v) is 3.64. The van der Waals surface area contributed by atoms with E-state index in [9.17, 15) is 13.6 Å². The van der Waals surface area contributed by atoms with Gasteiger partial charge in [-0.2, -0.15) is 0 Å². The molecule has 0 bridgehead atoms. The van der Waals surface area contributed by atoms with E-state index in [1.165, 1.54) is 18.4 Å². The van der Waals surface area contributed by atoms with Crippen LogP contribution in [-0.4, -0.2) is 25.5 Å². The molecule has 0 atom stereocenters. The molecule has 0 aliphatic heterocycles. The van der Waals surface area contributed by atoms with Crippen LogP contribution in [0.4, 0.5) is 8.78 Å². The first-order valence-corrected chi connectivity index (χ1v) is 7.06. The summed E-state index contributed by atoms with van der Waals surface area (Å²) in [6.07, 6.45) is 0.431. The normalized spacial score (nSPS) is 21.1. The Hall–Kier alpha value is -1.01. The number of thiophene rings is 1. The minimum Gasteiger partial charge on any atom is -0.465 e. The summed E-state index contributed by atoms with van der Waals surface area (Å²) in [4.78, 5) is 12.3. The highest BCUT2D eigenvalue weighted by Gasteiger charge is 2.44. The van der Waals surface area contributed by atoms with Gasteiger partial charge in [0.05, 0.1) is 12.7 Å². The van der Waals surface area contributed by atoms with Crippen molar-refractivity contribution in [2.24, 2.45) is 5.73 Å². The largest absolute Gasteiger partial charge is 0.465 e. The molecule has 19 heavy (non-hydrogen) atoms.